The van der Waals surface area contributed by atoms with Gasteiger partial charge in [-0.3, -0.25) is 4.79 Å². The molecule has 0 saturated carbocycles. The van der Waals surface area contributed by atoms with Gasteiger partial charge in [0.1, 0.15) is 9.46 Å². The molecule has 1 amide bonds. The zero-order valence-electron chi connectivity index (χ0n) is 10.9. The van der Waals surface area contributed by atoms with Crippen molar-refractivity contribution in [3.8, 4) is 0 Å². The largest absolute Gasteiger partial charge is 0.354 e. The zero-order valence-corrected chi connectivity index (χ0v) is 13.4. The third-order valence-corrected chi connectivity index (χ3v) is 7.47. The van der Waals surface area contributed by atoms with Crippen molar-refractivity contribution >= 4 is 38.4 Å². The van der Waals surface area contributed by atoms with E-state index >= 15 is 0 Å². The minimum absolute atomic E-state index is 0.105. The lowest BCUT2D eigenvalue weighted by atomic mass is 10.3. The summed E-state index contributed by atoms with van der Waals surface area (Å²) >= 11 is 2.59. The summed E-state index contributed by atoms with van der Waals surface area (Å²) in [4.78, 5) is 12.1. The van der Waals surface area contributed by atoms with E-state index in [1.807, 2.05) is 11.4 Å². The monoisotopic (exact) mass is 329 g/mol. The van der Waals surface area contributed by atoms with Crippen molar-refractivity contribution in [2.75, 3.05) is 6.54 Å². The van der Waals surface area contributed by atoms with Gasteiger partial charge >= 0.3 is 0 Å². The standard InChI is InChI=1S/C13H15NO3S3/c1-2-12(15)14-9-11(10-5-3-7-18-10)20(16,17)13-6-4-8-19-13/h3-8,11H,2,9H2,1H3,(H,14,15)/t11-/m0/s1. The van der Waals surface area contributed by atoms with E-state index in [-0.39, 0.29) is 12.5 Å². The first-order valence-electron chi connectivity index (χ1n) is 6.13. The Labute approximate surface area is 126 Å². The highest BCUT2D eigenvalue weighted by atomic mass is 32.2. The van der Waals surface area contributed by atoms with Crippen molar-refractivity contribution in [2.24, 2.45) is 0 Å². The average molecular weight is 329 g/mol. The Morgan fingerprint density at radius 1 is 1.25 bits per heavy atom. The molecular weight excluding hydrogens is 314 g/mol. The third kappa shape index (κ3) is 3.28. The first-order chi connectivity index (χ1) is 9.55. The second-order valence-corrected chi connectivity index (χ2v) is 8.42. The molecule has 2 aromatic rings. The fourth-order valence-electron chi connectivity index (χ4n) is 1.73. The summed E-state index contributed by atoms with van der Waals surface area (Å²) in [5, 5.41) is 5.54. The van der Waals surface area contributed by atoms with Crippen LogP contribution in [0.3, 0.4) is 0 Å². The van der Waals surface area contributed by atoms with Crippen LogP contribution in [0.2, 0.25) is 0 Å². The van der Waals surface area contributed by atoms with Crippen LogP contribution in [-0.4, -0.2) is 20.9 Å². The van der Waals surface area contributed by atoms with Crippen molar-refractivity contribution in [1.82, 2.24) is 5.32 Å². The van der Waals surface area contributed by atoms with Gasteiger partial charge in [-0.05, 0) is 22.9 Å². The highest BCUT2D eigenvalue weighted by Crippen LogP contribution is 2.33. The first kappa shape index (κ1) is 15.2. The van der Waals surface area contributed by atoms with E-state index in [2.05, 4.69) is 5.32 Å². The van der Waals surface area contributed by atoms with Crippen molar-refractivity contribution < 1.29 is 13.2 Å². The quantitative estimate of drug-likeness (QED) is 0.886. The Morgan fingerprint density at radius 2 is 1.95 bits per heavy atom. The molecule has 1 N–H and O–H groups in total. The molecule has 2 rings (SSSR count). The van der Waals surface area contributed by atoms with Crippen LogP contribution in [0.1, 0.15) is 23.5 Å². The van der Waals surface area contributed by atoms with Crippen molar-refractivity contribution in [2.45, 2.75) is 22.8 Å². The number of hydrogen-bond donors (Lipinski definition) is 1. The van der Waals surface area contributed by atoms with Gasteiger partial charge in [0, 0.05) is 17.8 Å². The number of carbonyl (C=O) groups excluding carboxylic acids is 1. The molecule has 0 aliphatic carbocycles. The smallest absolute Gasteiger partial charge is 0.219 e. The SMILES string of the molecule is CCC(=O)NC[C@@H](c1cccs1)S(=O)(=O)c1cccs1. The second kappa shape index (κ2) is 6.51. The Bertz CT molecular complexity index is 645. The summed E-state index contributed by atoms with van der Waals surface area (Å²) < 4.78 is 25.7. The van der Waals surface area contributed by atoms with Crippen molar-refractivity contribution in [1.29, 1.82) is 0 Å². The van der Waals surface area contributed by atoms with Crippen molar-refractivity contribution in [3.63, 3.8) is 0 Å². The summed E-state index contributed by atoms with van der Waals surface area (Å²) in [6, 6.07) is 6.92. The van der Waals surface area contributed by atoms with Gasteiger partial charge in [-0.15, -0.1) is 22.7 Å². The molecule has 0 spiro atoms. The molecule has 108 valence electrons. The predicted molar refractivity (Wildman–Crippen MR) is 81.9 cm³/mol. The van der Waals surface area contributed by atoms with Gasteiger partial charge < -0.3 is 5.32 Å². The van der Waals surface area contributed by atoms with Crippen LogP contribution in [0, 0.1) is 0 Å². The van der Waals surface area contributed by atoms with Gasteiger partial charge in [-0.25, -0.2) is 8.42 Å². The fraction of sp³-hybridized carbons (Fsp3) is 0.308. The summed E-state index contributed by atoms with van der Waals surface area (Å²) in [7, 11) is -3.47. The molecular formula is C13H15NO3S3. The normalized spacial score (nSPS) is 13.1. The molecule has 2 aromatic heterocycles. The maximum absolute atomic E-state index is 12.7. The zero-order chi connectivity index (χ0) is 14.6. The molecule has 0 unspecified atom stereocenters. The number of sulfone groups is 1. The first-order valence-corrected chi connectivity index (χ1v) is 9.43. The lowest BCUT2D eigenvalue weighted by molar-refractivity contribution is -0.120. The number of hydrogen-bond acceptors (Lipinski definition) is 5. The maximum atomic E-state index is 12.7. The van der Waals surface area contributed by atoms with E-state index in [0.29, 0.717) is 10.6 Å². The van der Waals surface area contributed by atoms with E-state index < -0.39 is 15.1 Å². The van der Waals surface area contributed by atoms with Crippen LogP contribution in [0.15, 0.2) is 39.2 Å². The van der Waals surface area contributed by atoms with E-state index in [9.17, 15) is 13.2 Å². The Hall–Kier alpha value is -1.18. The van der Waals surface area contributed by atoms with Crippen LogP contribution in [0.4, 0.5) is 0 Å². The molecule has 0 saturated heterocycles. The van der Waals surface area contributed by atoms with E-state index in [4.69, 9.17) is 0 Å². The molecule has 0 fully saturated rings. The Morgan fingerprint density at radius 3 is 2.50 bits per heavy atom. The van der Waals surface area contributed by atoms with Gasteiger partial charge in [0.2, 0.25) is 5.91 Å². The van der Waals surface area contributed by atoms with E-state index in [1.165, 1.54) is 22.7 Å². The number of rotatable bonds is 6. The van der Waals surface area contributed by atoms with Crippen LogP contribution in [-0.2, 0) is 14.6 Å². The molecule has 0 aliphatic rings. The fourth-order valence-corrected chi connectivity index (χ4v) is 5.72. The van der Waals surface area contributed by atoms with Crippen LogP contribution < -0.4 is 5.32 Å². The van der Waals surface area contributed by atoms with E-state index in [0.717, 1.165) is 4.88 Å². The second-order valence-electron chi connectivity index (χ2n) is 4.14. The highest BCUT2D eigenvalue weighted by Gasteiger charge is 2.31. The highest BCUT2D eigenvalue weighted by molar-refractivity contribution is 7.93. The van der Waals surface area contributed by atoms with Gasteiger partial charge in [0.05, 0.1) is 0 Å². The number of amides is 1. The molecule has 20 heavy (non-hydrogen) atoms. The summed E-state index contributed by atoms with van der Waals surface area (Å²) in [5.41, 5.74) is 0. The summed E-state index contributed by atoms with van der Waals surface area (Å²) in [6.45, 7) is 1.84. The lowest BCUT2D eigenvalue weighted by Gasteiger charge is -2.16. The molecule has 0 aromatic carbocycles. The minimum atomic E-state index is -3.47. The van der Waals surface area contributed by atoms with Crippen molar-refractivity contribution in [3.05, 3.63) is 39.9 Å². The lowest BCUT2D eigenvalue weighted by Crippen LogP contribution is -2.30. The van der Waals surface area contributed by atoms with Gasteiger partial charge in [0.15, 0.2) is 9.84 Å². The molecule has 0 bridgehead atoms. The maximum Gasteiger partial charge on any atom is 0.219 e. The molecule has 0 aliphatic heterocycles. The minimum Gasteiger partial charge on any atom is -0.354 e. The molecule has 7 heteroatoms. The van der Waals surface area contributed by atoms with Gasteiger partial charge in [-0.1, -0.05) is 19.1 Å². The van der Waals surface area contributed by atoms with Crippen LogP contribution >= 0.6 is 22.7 Å². The predicted octanol–water partition coefficient (Wildman–Crippen LogP) is 2.85. The summed E-state index contributed by atoms with van der Waals surface area (Å²) in [5.74, 6) is -0.145. The van der Waals surface area contributed by atoms with E-state index in [1.54, 1.807) is 30.5 Å². The molecule has 2 heterocycles. The average Bonchev–Trinajstić information content (AvgIpc) is 3.11. The van der Waals surface area contributed by atoms with Gasteiger partial charge in [0.25, 0.3) is 0 Å². The third-order valence-electron chi connectivity index (χ3n) is 2.82. The summed E-state index contributed by atoms with van der Waals surface area (Å²) in [6.07, 6.45) is 0.343. The topological polar surface area (TPSA) is 63.2 Å². The number of nitrogens with one attached hydrogen (secondary N) is 1. The molecule has 1 atom stereocenters. The number of carbonyl (C=O) groups is 1. The van der Waals surface area contributed by atoms with Crippen LogP contribution in [0.5, 0.6) is 0 Å². The molecule has 4 nitrogen and oxygen atoms in total. The number of thiophene rings is 2. The van der Waals surface area contributed by atoms with Gasteiger partial charge in [-0.2, -0.15) is 0 Å². The molecule has 0 radical (unpaired) electrons. The Kier molecular flexibility index (Phi) is 4.95. The van der Waals surface area contributed by atoms with Crippen LogP contribution in [0.25, 0.3) is 0 Å². The Balaban J connectivity index is 2.30.